The quantitative estimate of drug-likeness (QED) is 0.765. The summed E-state index contributed by atoms with van der Waals surface area (Å²) in [5.74, 6) is 1.54. The number of allylic oxidation sites excluding steroid dienone is 2. The van der Waals surface area contributed by atoms with E-state index < -0.39 is 0 Å². The lowest BCUT2D eigenvalue weighted by molar-refractivity contribution is -0.198. The second-order valence-electron chi connectivity index (χ2n) is 5.54. The molecule has 0 spiro atoms. The van der Waals surface area contributed by atoms with Gasteiger partial charge in [-0.3, -0.25) is 0 Å². The molecule has 0 aromatic heterocycles. The molecule has 96 valence electrons. The topological polar surface area (TPSA) is 38.7 Å². The zero-order chi connectivity index (χ0) is 11.7. The summed E-state index contributed by atoms with van der Waals surface area (Å²) in [5.41, 5.74) is 0. The summed E-state index contributed by atoms with van der Waals surface area (Å²) in [6.07, 6.45) is 10.3. The van der Waals surface area contributed by atoms with Crippen LogP contribution in [0.15, 0.2) is 12.2 Å². The molecule has 2 aliphatic carbocycles. The molecule has 5 unspecified atom stereocenters. The maximum absolute atomic E-state index is 9.56. The van der Waals surface area contributed by atoms with Crippen LogP contribution in [0.25, 0.3) is 0 Å². The van der Waals surface area contributed by atoms with Gasteiger partial charge < -0.3 is 14.6 Å². The highest BCUT2D eigenvalue weighted by molar-refractivity contribution is 5.09. The molecule has 0 aromatic rings. The van der Waals surface area contributed by atoms with Gasteiger partial charge in [-0.15, -0.1) is 0 Å². The molecule has 0 aromatic carbocycles. The second-order valence-corrected chi connectivity index (χ2v) is 5.54. The van der Waals surface area contributed by atoms with Gasteiger partial charge in [0, 0.05) is 19.1 Å². The molecular weight excluding hydrogens is 216 g/mol. The maximum atomic E-state index is 9.56. The van der Waals surface area contributed by atoms with E-state index in [1.54, 1.807) is 0 Å². The zero-order valence-electron chi connectivity index (χ0n) is 10.3. The van der Waals surface area contributed by atoms with Gasteiger partial charge in [-0.2, -0.15) is 0 Å². The van der Waals surface area contributed by atoms with Gasteiger partial charge in [-0.25, -0.2) is 0 Å². The van der Waals surface area contributed by atoms with Gasteiger partial charge in [-0.05, 0) is 43.9 Å². The average molecular weight is 238 g/mol. The monoisotopic (exact) mass is 238 g/mol. The zero-order valence-corrected chi connectivity index (χ0v) is 10.3. The van der Waals surface area contributed by atoms with Crippen LogP contribution in [0.2, 0.25) is 0 Å². The van der Waals surface area contributed by atoms with E-state index in [-0.39, 0.29) is 19.0 Å². The van der Waals surface area contributed by atoms with Gasteiger partial charge >= 0.3 is 0 Å². The number of fused-ring (bicyclic) bond motifs is 1. The molecule has 0 bridgehead atoms. The Bertz CT molecular complexity index is 283. The van der Waals surface area contributed by atoms with Gasteiger partial charge in [0.05, 0.1) is 6.10 Å². The van der Waals surface area contributed by atoms with Crippen LogP contribution < -0.4 is 0 Å². The predicted molar refractivity (Wildman–Crippen MR) is 64.4 cm³/mol. The molecule has 2 fully saturated rings. The highest BCUT2D eigenvalue weighted by Crippen LogP contribution is 2.45. The summed E-state index contributed by atoms with van der Waals surface area (Å²) in [4.78, 5) is 0. The fourth-order valence-corrected chi connectivity index (χ4v) is 3.62. The van der Waals surface area contributed by atoms with Crippen LogP contribution in [0.4, 0.5) is 0 Å². The van der Waals surface area contributed by atoms with Crippen molar-refractivity contribution < 1.29 is 14.6 Å². The summed E-state index contributed by atoms with van der Waals surface area (Å²) in [6, 6.07) is 0. The molecule has 17 heavy (non-hydrogen) atoms. The number of hydrogen-bond acceptors (Lipinski definition) is 3. The number of ether oxygens (including phenoxy) is 2. The lowest BCUT2D eigenvalue weighted by atomic mass is 9.91. The highest BCUT2D eigenvalue weighted by atomic mass is 16.7. The Morgan fingerprint density at radius 1 is 1.35 bits per heavy atom. The maximum Gasteiger partial charge on any atom is 0.157 e. The molecule has 5 atom stereocenters. The number of aliphatic hydroxyl groups excluding tert-OH is 1. The first-order chi connectivity index (χ1) is 8.38. The second kappa shape index (κ2) is 5.09. The van der Waals surface area contributed by atoms with E-state index in [0.717, 1.165) is 32.3 Å². The van der Waals surface area contributed by atoms with Crippen molar-refractivity contribution in [2.24, 2.45) is 17.8 Å². The van der Waals surface area contributed by atoms with E-state index in [4.69, 9.17) is 9.47 Å². The van der Waals surface area contributed by atoms with Crippen LogP contribution in [0.1, 0.15) is 32.1 Å². The van der Waals surface area contributed by atoms with E-state index >= 15 is 0 Å². The molecule has 3 heteroatoms. The number of aliphatic hydroxyl groups is 1. The molecule has 0 amide bonds. The van der Waals surface area contributed by atoms with E-state index in [1.165, 1.54) is 6.42 Å². The normalized spacial score (nSPS) is 45.1. The van der Waals surface area contributed by atoms with Gasteiger partial charge in [0.25, 0.3) is 0 Å². The standard InChI is InChI=1S/C14H22O3/c15-9-12-11-5-3-4-10(11)8-13(12)17-14-6-1-2-7-16-14/h3-4,10-15H,1-2,5-9H2. The minimum atomic E-state index is -0.0226. The Balaban J connectivity index is 1.60. The molecule has 1 heterocycles. The minimum absolute atomic E-state index is 0.0226. The van der Waals surface area contributed by atoms with Crippen molar-refractivity contribution in [2.75, 3.05) is 13.2 Å². The number of rotatable bonds is 3. The van der Waals surface area contributed by atoms with Crippen LogP contribution in [-0.4, -0.2) is 30.7 Å². The summed E-state index contributed by atoms with van der Waals surface area (Å²) in [6.45, 7) is 1.08. The first kappa shape index (κ1) is 11.7. The van der Waals surface area contributed by atoms with Crippen molar-refractivity contribution in [3.05, 3.63) is 12.2 Å². The van der Waals surface area contributed by atoms with Crippen LogP contribution in [-0.2, 0) is 9.47 Å². The Hall–Kier alpha value is -0.380. The molecule has 1 saturated carbocycles. The van der Waals surface area contributed by atoms with E-state index in [0.29, 0.717) is 17.8 Å². The van der Waals surface area contributed by atoms with Crippen LogP contribution >= 0.6 is 0 Å². The molecule has 1 N–H and O–H groups in total. The highest BCUT2D eigenvalue weighted by Gasteiger charge is 2.44. The molecule has 1 saturated heterocycles. The first-order valence-corrected chi connectivity index (χ1v) is 6.93. The van der Waals surface area contributed by atoms with E-state index in [9.17, 15) is 5.11 Å². The third-order valence-electron chi connectivity index (χ3n) is 4.55. The summed E-state index contributed by atoms with van der Waals surface area (Å²) >= 11 is 0. The minimum Gasteiger partial charge on any atom is -0.396 e. The van der Waals surface area contributed by atoms with E-state index in [2.05, 4.69) is 12.2 Å². The summed E-state index contributed by atoms with van der Waals surface area (Å²) in [5, 5.41) is 9.56. The largest absolute Gasteiger partial charge is 0.396 e. The van der Waals surface area contributed by atoms with Crippen LogP contribution in [0.5, 0.6) is 0 Å². The molecule has 3 nitrogen and oxygen atoms in total. The number of hydrogen-bond donors (Lipinski definition) is 1. The fourth-order valence-electron chi connectivity index (χ4n) is 3.62. The smallest absolute Gasteiger partial charge is 0.157 e. The third-order valence-corrected chi connectivity index (χ3v) is 4.55. The van der Waals surface area contributed by atoms with Crippen molar-refractivity contribution in [1.29, 1.82) is 0 Å². The van der Waals surface area contributed by atoms with Crippen molar-refractivity contribution in [3.63, 3.8) is 0 Å². The van der Waals surface area contributed by atoms with Gasteiger partial charge in [0.2, 0.25) is 0 Å². The fraction of sp³-hybridized carbons (Fsp3) is 0.857. The Labute approximate surface area is 103 Å². The van der Waals surface area contributed by atoms with Crippen molar-refractivity contribution in [2.45, 2.75) is 44.5 Å². The molecule has 1 aliphatic heterocycles. The SMILES string of the molecule is OCC1C(OC2CCCCO2)CC2C=CCC21. The summed E-state index contributed by atoms with van der Waals surface area (Å²) < 4.78 is 11.7. The Morgan fingerprint density at radius 2 is 2.29 bits per heavy atom. The first-order valence-electron chi connectivity index (χ1n) is 6.93. The van der Waals surface area contributed by atoms with Crippen molar-refractivity contribution in [1.82, 2.24) is 0 Å². The predicted octanol–water partition coefficient (Wildman–Crippen LogP) is 2.10. The van der Waals surface area contributed by atoms with Crippen molar-refractivity contribution in [3.8, 4) is 0 Å². The van der Waals surface area contributed by atoms with Crippen LogP contribution in [0.3, 0.4) is 0 Å². The molecule has 3 rings (SSSR count). The molecular formula is C14H22O3. The average Bonchev–Trinajstić information content (AvgIpc) is 2.90. The molecule has 0 radical (unpaired) electrons. The van der Waals surface area contributed by atoms with Crippen molar-refractivity contribution >= 4 is 0 Å². The molecule has 3 aliphatic rings. The Morgan fingerprint density at radius 3 is 3.06 bits per heavy atom. The van der Waals surface area contributed by atoms with Gasteiger partial charge in [0.1, 0.15) is 0 Å². The lowest BCUT2D eigenvalue weighted by Crippen LogP contribution is -2.32. The van der Waals surface area contributed by atoms with Crippen LogP contribution in [0, 0.1) is 17.8 Å². The Kier molecular flexibility index (Phi) is 3.50. The third kappa shape index (κ3) is 2.28. The van der Waals surface area contributed by atoms with Gasteiger partial charge in [-0.1, -0.05) is 12.2 Å². The summed E-state index contributed by atoms with van der Waals surface area (Å²) in [7, 11) is 0. The van der Waals surface area contributed by atoms with E-state index in [1.807, 2.05) is 0 Å². The lowest BCUT2D eigenvalue weighted by Gasteiger charge is -2.29. The van der Waals surface area contributed by atoms with Gasteiger partial charge in [0.15, 0.2) is 6.29 Å².